The number of methoxy groups -OCH3 is 2. The van der Waals surface area contributed by atoms with Crippen LogP contribution in [0.3, 0.4) is 0 Å². The average Bonchev–Trinajstić information content (AvgIpc) is 1.89. The van der Waals surface area contributed by atoms with Gasteiger partial charge in [-0.1, -0.05) is 13.2 Å². The first-order chi connectivity index (χ1) is 4.68. The van der Waals surface area contributed by atoms with Crippen molar-refractivity contribution in [1.82, 2.24) is 0 Å². The molecular formula is C7H17BO2. The van der Waals surface area contributed by atoms with E-state index < -0.39 is 0 Å². The molecule has 0 saturated heterocycles. The minimum absolute atomic E-state index is 0.198. The summed E-state index contributed by atoms with van der Waals surface area (Å²) in [7, 11) is 5.60. The third-order valence-corrected chi connectivity index (χ3v) is 1.84. The van der Waals surface area contributed by atoms with Crippen LogP contribution >= 0.6 is 0 Å². The van der Waals surface area contributed by atoms with Crippen LogP contribution in [-0.4, -0.2) is 35.3 Å². The Morgan fingerprint density at radius 1 is 1.20 bits per heavy atom. The van der Waals surface area contributed by atoms with Crippen molar-refractivity contribution in [1.29, 1.82) is 0 Å². The Kier molecular flexibility index (Phi) is 4.74. The maximum Gasteiger partial charge on any atom is 0.102 e. The monoisotopic (exact) mass is 144 g/mol. The van der Waals surface area contributed by atoms with E-state index in [4.69, 9.17) is 9.47 Å². The van der Waals surface area contributed by atoms with Gasteiger partial charge >= 0.3 is 0 Å². The minimum Gasteiger partial charge on any atom is -0.384 e. The zero-order chi connectivity index (χ0) is 8.04. The van der Waals surface area contributed by atoms with Gasteiger partial charge in [-0.2, -0.15) is 0 Å². The number of hydrogen-bond donors (Lipinski definition) is 0. The molecule has 0 radical (unpaired) electrons. The maximum atomic E-state index is 5.07. The number of rotatable bonds is 5. The lowest BCUT2D eigenvalue weighted by Crippen LogP contribution is -2.27. The van der Waals surface area contributed by atoms with Crippen molar-refractivity contribution in [3.63, 3.8) is 0 Å². The van der Waals surface area contributed by atoms with Gasteiger partial charge in [0.2, 0.25) is 0 Å². The van der Waals surface area contributed by atoms with E-state index in [0.717, 1.165) is 19.5 Å². The summed E-state index contributed by atoms with van der Waals surface area (Å²) in [4.78, 5) is 0. The molecule has 60 valence electrons. The Bertz CT molecular complexity index is 79.7. The van der Waals surface area contributed by atoms with Gasteiger partial charge in [0.25, 0.3) is 0 Å². The van der Waals surface area contributed by atoms with Crippen LogP contribution in [0.4, 0.5) is 0 Å². The third-order valence-electron chi connectivity index (χ3n) is 1.84. The van der Waals surface area contributed by atoms with Crippen molar-refractivity contribution >= 4 is 7.85 Å². The van der Waals surface area contributed by atoms with Gasteiger partial charge < -0.3 is 9.47 Å². The highest BCUT2D eigenvalue weighted by molar-refractivity contribution is 6.09. The smallest absolute Gasteiger partial charge is 0.102 e. The molecule has 0 heterocycles. The molecule has 0 amide bonds. The summed E-state index contributed by atoms with van der Waals surface area (Å²) in [6.45, 7) is 3.72. The van der Waals surface area contributed by atoms with Crippen molar-refractivity contribution in [2.24, 2.45) is 5.41 Å². The molecule has 0 spiro atoms. The lowest BCUT2D eigenvalue weighted by molar-refractivity contribution is 0.0346. The largest absolute Gasteiger partial charge is 0.384 e. The molecule has 0 N–H and O–H groups in total. The van der Waals surface area contributed by atoms with Crippen molar-refractivity contribution in [2.45, 2.75) is 13.2 Å². The van der Waals surface area contributed by atoms with Gasteiger partial charge in [-0.25, -0.2) is 0 Å². The third kappa shape index (κ3) is 3.23. The summed E-state index contributed by atoms with van der Waals surface area (Å²) in [5.74, 6) is 0. The molecule has 0 fully saturated rings. The standard InChI is InChI=1S/C7H17BO2/c1-7(4-8,5-9-2)6-10-3/h4-6,8H2,1-3H3. The van der Waals surface area contributed by atoms with Crippen LogP contribution in [0.15, 0.2) is 0 Å². The minimum atomic E-state index is 0.198. The predicted molar refractivity (Wildman–Crippen MR) is 45.2 cm³/mol. The first kappa shape index (κ1) is 9.98. The van der Waals surface area contributed by atoms with E-state index in [2.05, 4.69) is 14.8 Å². The van der Waals surface area contributed by atoms with Crippen LogP contribution in [0.2, 0.25) is 6.32 Å². The van der Waals surface area contributed by atoms with Crippen LogP contribution in [0.1, 0.15) is 6.92 Å². The molecule has 0 bridgehead atoms. The van der Waals surface area contributed by atoms with E-state index in [0.29, 0.717) is 0 Å². The molecule has 0 aliphatic heterocycles. The quantitative estimate of drug-likeness (QED) is 0.518. The van der Waals surface area contributed by atoms with E-state index in [9.17, 15) is 0 Å². The molecule has 0 atom stereocenters. The predicted octanol–water partition coefficient (Wildman–Crippen LogP) is 0.337. The van der Waals surface area contributed by atoms with Gasteiger partial charge in [0, 0.05) is 19.6 Å². The van der Waals surface area contributed by atoms with Crippen LogP contribution in [0.5, 0.6) is 0 Å². The van der Waals surface area contributed by atoms with Crippen LogP contribution < -0.4 is 0 Å². The zero-order valence-corrected chi connectivity index (χ0v) is 7.44. The van der Waals surface area contributed by atoms with E-state index >= 15 is 0 Å². The SMILES string of the molecule is BCC(C)(COC)COC. The number of hydrogen-bond acceptors (Lipinski definition) is 2. The Morgan fingerprint density at radius 2 is 1.60 bits per heavy atom. The number of ether oxygens (including phenoxy) is 2. The summed E-state index contributed by atoms with van der Waals surface area (Å²) in [6, 6.07) is 0. The molecule has 0 saturated carbocycles. The molecule has 0 rings (SSSR count). The van der Waals surface area contributed by atoms with Crippen LogP contribution in [0.25, 0.3) is 0 Å². The Hall–Kier alpha value is -0.0151. The van der Waals surface area contributed by atoms with E-state index in [-0.39, 0.29) is 5.41 Å². The zero-order valence-electron chi connectivity index (χ0n) is 7.44. The normalized spacial score (nSPS) is 11.9. The highest BCUT2D eigenvalue weighted by Gasteiger charge is 2.20. The molecule has 10 heavy (non-hydrogen) atoms. The summed E-state index contributed by atoms with van der Waals surface area (Å²) >= 11 is 0. The molecule has 0 aliphatic carbocycles. The van der Waals surface area contributed by atoms with E-state index in [1.165, 1.54) is 0 Å². The topological polar surface area (TPSA) is 18.5 Å². The highest BCUT2D eigenvalue weighted by Crippen LogP contribution is 2.20. The molecular weight excluding hydrogens is 127 g/mol. The van der Waals surface area contributed by atoms with Crippen LogP contribution in [-0.2, 0) is 9.47 Å². The fourth-order valence-electron chi connectivity index (χ4n) is 0.943. The molecule has 2 nitrogen and oxygen atoms in total. The summed E-state index contributed by atoms with van der Waals surface area (Å²) in [5, 5.41) is 0. The summed E-state index contributed by atoms with van der Waals surface area (Å²) < 4.78 is 10.1. The highest BCUT2D eigenvalue weighted by atomic mass is 16.5. The second-order valence-electron chi connectivity index (χ2n) is 3.03. The van der Waals surface area contributed by atoms with Gasteiger partial charge in [0.05, 0.1) is 13.2 Å². The van der Waals surface area contributed by atoms with Crippen molar-refractivity contribution in [3.05, 3.63) is 0 Å². The first-order valence-electron chi connectivity index (χ1n) is 3.66. The average molecular weight is 144 g/mol. The van der Waals surface area contributed by atoms with E-state index in [1.54, 1.807) is 14.2 Å². The first-order valence-corrected chi connectivity index (χ1v) is 3.66. The molecule has 0 aromatic carbocycles. The van der Waals surface area contributed by atoms with Gasteiger partial charge in [-0.3, -0.25) is 0 Å². The summed E-state index contributed by atoms with van der Waals surface area (Å²) in [6.07, 6.45) is 1.09. The molecule has 3 heteroatoms. The molecule has 0 unspecified atom stereocenters. The van der Waals surface area contributed by atoms with Gasteiger partial charge in [-0.15, -0.1) is 0 Å². The van der Waals surface area contributed by atoms with Gasteiger partial charge in [-0.05, 0) is 0 Å². The van der Waals surface area contributed by atoms with Gasteiger partial charge in [0.1, 0.15) is 7.85 Å². The van der Waals surface area contributed by atoms with Gasteiger partial charge in [0.15, 0.2) is 0 Å². The second kappa shape index (κ2) is 4.75. The lowest BCUT2D eigenvalue weighted by Gasteiger charge is -2.25. The summed E-state index contributed by atoms with van der Waals surface area (Å²) in [5.41, 5.74) is 0.198. The van der Waals surface area contributed by atoms with E-state index in [1.807, 2.05) is 0 Å². The second-order valence-corrected chi connectivity index (χ2v) is 3.03. The Morgan fingerprint density at radius 3 is 1.80 bits per heavy atom. The van der Waals surface area contributed by atoms with Crippen molar-refractivity contribution in [3.8, 4) is 0 Å². The van der Waals surface area contributed by atoms with Crippen molar-refractivity contribution in [2.75, 3.05) is 27.4 Å². The maximum absolute atomic E-state index is 5.07. The molecule has 0 aromatic heterocycles. The molecule has 0 aromatic rings. The molecule has 0 aliphatic rings. The lowest BCUT2D eigenvalue weighted by atomic mass is 9.79. The van der Waals surface area contributed by atoms with Crippen LogP contribution in [0, 0.1) is 5.41 Å². The Labute approximate surface area is 64.3 Å². The Balaban J connectivity index is 3.69. The fraction of sp³-hybridized carbons (Fsp3) is 1.00. The fourth-order valence-corrected chi connectivity index (χ4v) is 0.943. The van der Waals surface area contributed by atoms with Crippen molar-refractivity contribution < 1.29 is 9.47 Å².